The second-order valence-corrected chi connectivity index (χ2v) is 8.39. The quantitative estimate of drug-likeness (QED) is 0.629. The van der Waals surface area contributed by atoms with Gasteiger partial charge in [-0.1, -0.05) is 54.1 Å². The van der Waals surface area contributed by atoms with E-state index in [-0.39, 0.29) is 25.1 Å². The predicted octanol–water partition coefficient (Wildman–Crippen LogP) is 3.35. The van der Waals surface area contributed by atoms with E-state index in [0.717, 1.165) is 12.8 Å². The van der Waals surface area contributed by atoms with E-state index in [0.29, 0.717) is 21.9 Å². The fourth-order valence-corrected chi connectivity index (χ4v) is 4.07. The number of benzene rings is 2. The number of nitrogens with one attached hydrogen (secondary N) is 2. The van der Waals surface area contributed by atoms with Gasteiger partial charge in [0.15, 0.2) is 0 Å². The van der Waals surface area contributed by atoms with Gasteiger partial charge in [-0.25, -0.2) is 9.59 Å². The van der Waals surface area contributed by atoms with Gasteiger partial charge in [-0.15, -0.1) is 0 Å². The highest BCUT2D eigenvalue weighted by atomic mass is 35.5. The number of aryl methyl sites for hydroxylation is 1. The highest BCUT2D eigenvalue weighted by molar-refractivity contribution is 6.30. The van der Waals surface area contributed by atoms with Gasteiger partial charge in [0.2, 0.25) is 5.91 Å². The predicted molar refractivity (Wildman–Crippen MR) is 120 cm³/mol. The fourth-order valence-electron chi connectivity index (χ4n) is 3.95. The summed E-state index contributed by atoms with van der Waals surface area (Å²) in [6.45, 7) is 1.70. The lowest BCUT2D eigenvalue weighted by Crippen LogP contribution is -2.51. The van der Waals surface area contributed by atoms with E-state index in [1.54, 1.807) is 24.3 Å². The Labute approximate surface area is 191 Å². The van der Waals surface area contributed by atoms with Gasteiger partial charge in [0.1, 0.15) is 13.2 Å². The van der Waals surface area contributed by atoms with Crippen molar-refractivity contribution >= 4 is 29.5 Å². The minimum Gasteiger partial charge on any atom is -0.456 e. The molecule has 166 valence electrons. The molecule has 0 aromatic heterocycles. The summed E-state index contributed by atoms with van der Waals surface area (Å²) in [5, 5.41) is 6.30. The van der Waals surface area contributed by atoms with E-state index in [1.165, 1.54) is 10.5 Å². The molecule has 0 saturated heterocycles. The first kappa shape index (κ1) is 21.9. The lowest BCUT2D eigenvalue weighted by molar-refractivity contribution is -0.136. The summed E-state index contributed by atoms with van der Waals surface area (Å²) < 4.78 is 5.20. The zero-order chi connectivity index (χ0) is 22.7. The normalized spacial score (nSPS) is 18.7. The van der Waals surface area contributed by atoms with Gasteiger partial charge in [-0.2, -0.15) is 0 Å². The molecular weight excluding hydrogens is 430 g/mol. The van der Waals surface area contributed by atoms with Crippen LogP contribution in [0.5, 0.6) is 0 Å². The summed E-state index contributed by atoms with van der Waals surface area (Å²) in [5.41, 5.74) is 2.68. The summed E-state index contributed by atoms with van der Waals surface area (Å²) in [6.07, 6.45) is 1.61. The van der Waals surface area contributed by atoms with Crippen LogP contribution in [-0.2, 0) is 20.7 Å². The third-order valence-corrected chi connectivity index (χ3v) is 5.87. The van der Waals surface area contributed by atoms with E-state index in [9.17, 15) is 14.4 Å². The van der Waals surface area contributed by atoms with Crippen LogP contribution in [0, 0.1) is 0 Å². The van der Waals surface area contributed by atoms with Crippen molar-refractivity contribution in [3.8, 4) is 0 Å². The zero-order valence-corrected chi connectivity index (χ0v) is 18.4. The topological polar surface area (TPSA) is 87.7 Å². The second-order valence-electron chi connectivity index (χ2n) is 7.95. The highest BCUT2D eigenvalue weighted by Gasteiger charge is 2.42. The number of carbonyl (C=O) groups is 3. The standard InChI is InChI=1S/C24H24ClN3O4/c1-15(7-8-16-5-3-2-4-6-16)26-20(29)13-28-19-14-32-23(30)21(19)22(27-24(28)31)17-9-11-18(25)12-10-17/h2-6,9-12,15,22H,7-8,13-14H2,1H3,(H,26,29)(H,27,31)/t15-,22+/m0/s1. The first-order chi connectivity index (χ1) is 15.4. The van der Waals surface area contributed by atoms with E-state index < -0.39 is 18.0 Å². The van der Waals surface area contributed by atoms with Crippen LogP contribution in [0.1, 0.15) is 30.5 Å². The molecule has 0 radical (unpaired) electrons. The van der Waals surface area contributed by atoms with Gasteiger partial charge in [0.05, 0.1) is 17.3 Å². The lowest BCUT2D eigenvalue weighted by Gasteiger charge is -2.32. The van der Waals surface area contributed by atoms with Crippen molar-refractivity contribution < 1.29 is 19.1 Å². The molecule has 7 nitrogen and oxygen atoms in total. The number of hydrogen-bond acceptors (Lipinski definition) is 4. The van der Waals surface area contributed by atoms with Crippen molar-refractivity contribution in [1.82, 2.24) is 15.5 Å². The van der Waals surface area contributed by atoms with Crippen molar-refractivity contribution in [2.24, 2.45) is 0 Å². The average molecular weight is 454 g/mol. The third-order valence-electron chi connectivity index (χ3n) is 5.62. The van der Waals surface area contributed by atoms with Crippen LogP contribution in [0.25, 0.3) is 0 Å². The van der Waals surface area contributed by atoms with Gasteiger partial charge in [-0.3, -0.25) is 9.69 Å². The third kappa shape index (κ3) is 4.78. The number of ether oxygens (including phenoxy) is 1. The number of carbonyl (C=O) groups excluding carboxylic acids is 3. The van der Waals surface area contributed by atoms with Crippen LogP contribution in [0.3, 0.4) is 0 Å². The molecule has 0 spiro atoms. The summed E-state index contributed by atoms with van der Waals surface area (Å²) in [6, 6.07) is 15.8. The Morgan fingerprint density at radius 1 is 1.19 bits per heavy atom. The number of cyclic esters (lactones) is 1. The molecule has 3 amide bonds. The van der Waals surface area contributed by atoms with Crippen LogP contribution >= 0.6 is 11.6 Å². The van der Waals surface area contributed by atoms with E-state index >= 15 is 0 Å². The van der Waals surface area contributed by atoms with Gasteiger partial charge >= 0.3 is 12.0 Å². The molecule has 32 heavy (non-hydrogen) atoms. The number of amides is 3. The number of nitrogens with zero attached hydrogens (tertiary/aromatic N) is 1. The summed E-state index contributed by atoms with van der Waals surface area (Å²) in [7, 11) is 0. The maximum Gasteiger partial charge on any atom is 0.338 e. The Hall–Kier alpha value is -3.32. The monoisotopic (exact) mass is 453 g/mol. The Kier molecular flexibility index (Phi) is 6.46. The molecule has 2 aliphatic heterocycles. The van der Waals surface area contributed by atoms with Crippen molar-refractivity contribution in [3.05, 3.63) is 82.0 Å². The second kappa shape index (κ2) is 9.44. The Bertz CT molecular complexity index is 1050. The van der Waals surface area contributed by atoms with E-state index in [1.807, 2.05) is 25.1 Å². The van der Waals surface area contributed by atoms with Crippen LogP contribution in [0.15, 0.2) is 65.9 Å². The molecule has 0 saturated carbocycles. The summed E-state index contributed by atoms with van der Waals surface area (Å²) in [4.78, 5) is 39.2. The van der Waals surface area contributed by atoms with E-state index in [2.05, 4.69) is 22.8 Å². The molecule has 0 unspecified atom stereocenters. The maximum atomic E-state index is 12.8. The van der Waals surface area contributed by atoms with Gasteiger partial charge < -0.3 is 15.4 Å². The lowest BCUT2D eigenvalue weighted by atomic mass is 9.96. The molecule has 8 heteroatoms. The van der Waals surface area contributed by atoms with Gasteiger partial charge in [-0.05, 0) is 43.0 Å². The minimum absolute atomic E-state index is 0.0392. The van der Waals surface area contributed by atoms with Gasteiger partial charge in [0.25, 0.3) is 0 Å². The molecule has 2 aromatic carbocycles. The zero-order valence-electron chi connectivity index (χ0n) is 17.6. The van der Waals surface area contributed by atoms with Crippen LogP contribution in [0.2, 0.25) is 5.02 Å². The largest absolute Gasteiger partial charge is 0.456 e. The number of halogens is 1. The number of urea groups is 1. The van der Waals surface area contributed by atoms with Crippen molar-refractivity contribution in [2.45, 2.75) is 31.8 Å². The molecule has 4 rings (SSSR count). The smallest absolute Gasteiger partial charge is 0.338 e. The molecule has 2 aromatic rings. The maximum absolute atomic E-state index is 12.8. The first-order valence-electron chi connectivity index (χ1n) is 10.5. The molecule has 2 atom stereocenters. The summed E-state index contributed by atoms with van der Waals surface area (Å²) >= 11 is 5.95. The number of rotatable bonds is 7. The Morgan fingerprint density at radius 2 is 1.91 bits per heavy atom. The van der Waals surface area contributed by atoms with Crippen LogP contribution in [-0.4, -0.2) is 42.0 Å². The van der Waals surface area contributed by atoms with Crippen LogP contribution in [0.4, 0.5) is 4.79 Å². The number of hydrogen-bond donors (Lipinski definition) is 2. The first-order valence-corrected chi connectivity index (χ1v) is 10.9. The molecular formula is C24H24ClN3O4. The Balaban J connectivity index is 1.43. The molecule has 2 heterocycles. The average Bonchev–Trinajstić information content (AvgIpc) is 3.17. The van der Waals surface area contributed by atoms with Crippen molar-refractivity contribution in [3.63, 3.8) is 0 Å². The molecule has 2 aliphatic rings. The molecule has 0 bridgehead atoms. The summed E-state index contributed by atoms with van der Waals surface area (Å²) in [5.74, 6) is -0.793. The van der Waals surface area contributed by atoms with Crippen molar-refractivity contribution in [2.75, 3.05) is 13.2 Å². The van der Waals surface area contributed by atoms with Gasteiger partial charge in [0, 0.05) is 11.1 Å². The SMILES string of the molecule is C[C@@H](CCc1ccccc1)NC(=O)CN1C(=O)N[C@H](c2ccc(Cl)cc2)C2=C1COC2=O. The van der Waals surface area contributed by atoms with E-state index in [4.69, 9.17) is 16.3 Å². The molecule has 0 aliphatic carbocycles. The fraction of sp³-hybridized carbons (Fsp3) is 0.292. The highest BCUT2D eigenvalue weighted by Crippen LogP contribution is 2.35. The molecule has 2 N–H and O–H groups in total. The number of esters is 1. The van der Waals surface area contributed by atoms with Crippen LogP contribution < -0.4 is 10.6 Å². The molecule has 0 fully saturated rings. The Morgan fingerprint density at radius 3 is 2.62 bits per heavy atom. The minimum atomic E-state index is -0.645. The van der Waals surface area contributed by atoms with Crippen molar-refractivity contribution in [1.29, 1.82) is 0 Å².